The summed E-state index contributed by atoms with van der Waals surface area (Å²) in [7, 11) is 0. The maximum Gasteiger partial charge on any atom is 0.409 e. The molecular formula is C41H47NO12. The number of amides is 1. The molecule has 13 nitrogen and oxygen atoms in total. The number of nitrogens with one attached hydrogen (secondary N) is 1. The van der Waals surface area contributed by atoms with Crippen molar-refractivity contribution in [2.24, 2.45) is 0 Å². The Morgan fingerprint density at radius 3 is 1.52 bits per heavy atom. The van der Waals surface area contributed by atoms with Gasteiger partial charge in [-0.1, -0.05) is 121 Å². The molecule has 2 fully saturated rings. The van der Waals surface area contributed by atoms with Gasteiger partial charge in [-0.15, -0.1) is 0 Å². The molecule has 2 saturated heterocycles. The van der Waals surface area contributed by atoms with Crippen molar-refractivity contribution in [3.8, 4) is 0 Å². The minimum atomic E-state index is -1.79. The van der Waals surface area contributed by atoms with Crippen molar-refractivity contribution in [3.63, 3.8) is 0 Å². The highest BCUT2D eigenvalue weighted by Crippen LogP contribution is 2.31. The molecule has 0 aromatic heterocycles. The van der Waals surface area contributed by atoms with Gasteiger partial charge in [-0.25, -0.2) is 4.79 Å². The van der Waals surface area contributed by atoms with Gasteiger partial charge in [-0.3, -0.25) is 5.32 Å². The molecule has 13 heteroatoms. The number of aliphatic hydroxyl groups is 4. The Bertz CT molecular complexity index is 1670. The van der Waals surface area contributed by atoms with E-state index in [2.05, 4.69) is 5.32 Å². The second-order valence-electron chi connectivity index (χ2n) is 13.1. The van der Waals surface area contributed by atoms with Gasteiger partial charge in [0.1, 0.15) is 42.7 Å². The van der Waals surface area contributed by atoms with Crippen LogP contribution in [0, 0.1) is 0 Å². The van der Waals surface area contributed by atoms with Crippen LogP contribution >= 0.6 is 0 Å². The van der Waals surface area contributed by atoms with E-state index >= 15 is 0 Å². The van der Waals surface area contributed by atoms with Crippen LogP contribution in [0.1, 0.15) is 22.3 Å². The van der Waals surface area contributed by atoms with Crippen molar-refractivity contribution in [3.05, 3.63) is 144 Å². The van der Waals surface area contributed by atoms with Gasteiger partial charge in [0.25, 0.3) is 0 Å². The summed E-state index contributed by atoms with van der Waals surface area (Å²) in [4.78, 5) is 13.6. The van der Waals surface area contributed by atoms with Gasteiger partial charge in [0, 0.05) is 0 Å². The van der Waals surface area contributed by atoms with Crippen LogP contribution in [0.15, 0.2) is 121 Å². The second-order valence-corrected chi connectivity index (χ2v) is 13.1. The highest BCUT2D eigenvalue weighted by Gasteiger charge is 2.50. The summed E-state index contributed by atoms with van der Waals surface area (Å²) in [6, 6.07) is 38.4. The lowest BCUT2D eigenvalue weighted by atomic mass is 9.96. The van der Waals surface area contributed by atoms with E-state index in [1.807, 2.05) is 121 Å². The molecule has 4 aromatic rings. The average molecular weight is 746 g/mol. The number of aliphatic hydroxyl groups excluding tert-OH is 4. The van der Waals surface area contributed by atoms with E-state index in [1.54, 1.807) is 0 Å². The third kappa shape index (κ3) is 10.7. The summed E-state index contributed by atoms with van der Waals surface area (Å²) in [6.45, 7) is 0.145. The molecule has 1 amide bonds. The van der Waals surface area contributed by atoms with E-state index in [-0.39, 0.29) is 33.0 Å². The first kappa shape index (κ1) is 39.4. The van der Waals surface area contributed by atoms with Crippen LogP contribution in [0.5, 0.6) is 0 Å². The number of rotatable bonds is 16. The minimum Gasteiger partial charge on any atom is -0.440 e. The molecule has 2 aliphatic rings. The third-order valence-corrected chi connectivity index (χ3v) is 9.23. The van der Waals surface area contributed by atoms with E-state index in [0.717, 1.165) is 22.3 Å². The molecule has 0 bridgehead atoms. The van der Waals surface area contributed by atoms with E-state index < -0.39 is 74.0 Å². The summed E-state index contributed by atoms with van der Waals surface area (Å²) in [6.07, 6.45) is -13.9. The predicted octanol–water partition coefficient (Wildman–Crippen LogP) is 3.21. The molecule has 10 atom stereocenters. The Labute approximate surface area is 313 Å². The molecule has 288 valence electrons. The van der Waals surface area contributed by atoms with Crippen LogP contribution in [-0.4, -0.2) is 101 Å². The molecule has 5 N–H and O–H groups in total. The standard InChI is InChI=1S/C41H47NO12/c43-21-31-35(33(44)34(45)40(46)53-31)54-41(47)42-39-38(51-25-30-19-11-4-12-20-30)37(50-24-29-17-9-3-10-18-29)36(49-23-28-15-7-2-8-16-28)32(52-39)26-48-22-27-13-5-1-6-14-27/h1-20,31-40,43-46H,21-26H2,(H,42,47)/t31-,32-,33-,34-,35+,36-,37+,38-,39+,40?/m1/s1. The number of carbonyl (C=O) groups excluding carboxylic acids is 1. The highest BCUT2D eigenvalue weighted by molar-refractivity contribution is 5.68. The van der Waals surface area contributed by atoms with Gasteiger partial charge in [-0.2, -0.15) is 0 Å². The lowest BCUT2D eigenvalue weighted by molar-refractivity contribution is -0.288. The van der Waals surface area contributed by atoms with Crippen LogP contribution in [0.4, 0.5) is 4.79 Å². The first-order valence-electron chi connectivity index (χ1n) is 17.9. The van der Waals surface area contributed by atoms with Crippen molar-refractivity contribution in [1.82, 2.24) is 5.32 Å². The molecule has 6 rings (SSSR count). The number of alkyl carbamates (subject to hydrolysis) is 1. The van der Waals surface area contributed by atoms with E-state index in [9.17, 15) is 25.2 Å². The fraction of sp³-hybridized carbons (Fsp3) is 0.390. The van der Waals surface area contributed by atoms with Crippen molar-refractivity contribution in [2.75, 3.05) is 13.2 Å². The van der Waals surface area contributed by atoms with Gasteiger partial charge in [0.05, 0.1) is 39.6 Å². The van der Waals surface area contributed by atoms with Gasteiger partial charge < -0.3 is 53.6 Å². The van der Waals surface area contributed by atoms with Crippen molar-refractivity contribution < 1.29 is 58.4 Å². The molecule has 0 saturated carbocycles. The average Bonchev–Trinajstić information content (AvgIpc) is 3.21. The molecular weight excluding hydrogens is 698 g/mol. The fourth-order valence-electron chi connectivity index (χ4n) is 6.39. The maximum absolute atomic E-state index is 13.6. The van der Waals surface area contributed by atoms with Gasteiger partial charge in [0.15, 0.2) is 18.6 Å². The highest BCUT2D eigenvalue weighted by atomic mass is 16.7. The molecule has 1 unspecified atom stereocenters. The second kappa shape index (κ2) is 19.9. The summed E-state index contributed by atoms with van der Waals surface area (Å²) in [5, 5.41) is 43.4. The Kier molecular flexibility index (Phi) is 14.5. The minimum absolute atomic E-state index is 0.0457. The van der Waals surface area contributed by atoms with Crippen LogP contribution < -0.4 is 5.32 Å². The number of carbonyl (C=O) groups is 1. The summed E-state index contributed by atoms with van der Waals surface area (Å²) < 4.78 is 43.3. The number of ether oxygens (including phenoxy) is 7. The normalized spacial score (nSPS) is 28.3. The van der Waals surface area contributed by atoms with Crippen LogP contribution in [0.25, 0.3) is 0 Å². The van der Waals surface area contributed by atoms with Crippen molar-refractivity contribution in [1.29, 1.82) is 0 Å². The van der Waals surface area contributed by atoms with Gasteiger partial charge in [0.2, 0.25) is 0 Å². The van der Waals surface area contributed by atoms with E-state index in [1.165, 1.54) is 0 Å². The van der Waals surface area contributed by atoms with Crippen LogP contribution in [0.3, 0.4) is 0 Å². The molecule has 0 spiro atoms. The third-order valence-electron chi connectivity index (χ3n) is 9.23. The Balaban J connectivity index is 1.30. The van der Waals surface area contributed by atoms with E-state index in [0.29, 0.717) is 0 Å². The predicted molar refractivity (Wildman–Crippen MR) is 193 cm³/mol. The lowest BCUT2D eigenvalue weighted by Gasteiger charge is -2.46. The zero-order chi connectivity index (χ0) is 37.7. The smallest absolute Gasteiger partial charge is 0.409 e. The molecule has 2 heterocycles. The largest absolute Gasteiger partial charge is 0.440 e. The summed E-state index contributed by atoms with van der Waals surface area (Å²) in [5.41, 5.74) is 3.63. The maximum atomic E-state index is 13.6. The first-order chi connectivity index (χ1) is 26.4. The number of benzene rings is 4. The fourth-order valence-corrected chi connectivity index (χ4v) is 6.39. The first-order valence-corrected chi connectivity index (χ1v) is 17.9. The van der Waals surface area contributed by atoms with E-state index in [4.69, 9.17) is 33.2 Å². The van der Waals surface area contributed by atoms with Gasteiger partial charge >= 0.3 is 6.09 Å². The Hall–Kier alpha value is -4.25. The van der Waals surface area contributed by atoms with Crippen molar-refractivity contribution in [2.45, 2.75) is 87.8 Å². The summed E-state index contributed by atoms with van der Waals surface area (Å²) >= 11 is 0. The lowest BCUT2D eigenvalue weighted by Crippen LogP contribution is -2.66. The molecule has 54 heavy (non-hydrogen) atoms. The Morgan fingerprint density at radius 1 is 0.556 bits per heavy atom. The topological polar surface area (TPSA) is 175 Å². The molecule has 4 aromatic carbocycles. The molecule has 0 aliphatic carbocycles. The SMILES string of the molecule is O=C(N[C@H]1O[C@H](COCc2ccccc2)[C@@H](OCc2ccccc2)[C@H](OCc2ccccc2)[C@H]1OCc1ccccc1)O[C@@H]1[C@H](O)[C@@H](O)C(O)O[C@@H]1CO. The zero-order valence-electron chi connectivity index (χ0n) is 29.6. The Morgan fingerprint density at radius 2 is 1.02 bits per heavy atom. The summed E-state index contributed by atoms with van der Waals surface area (Å²) in [5.74, 6) is 0. The molecule has 2 aliphatic heterocycles. The molecule has 0 radical (unpaired) electrons. The number of hydrogen-bond donors (Lipinski definition) is 5. The van der Waals surface area contributed by atoms with Gasteiger partial charge in [-0.05, 0) is 22.3 Å². The monoisotopic (exact) mass is 745 g/mol. The number of hydrogen-bond acceptors (Lipinski definition) is 12. The van der Waals surface area contributed by atoms with Crippen molar-refractivity contribution >= 4 is 6.09 Å². The van der Waals surface area contributed by atoms with Crippen LogP contribution in [-0.2, 0) is 59.6 Å². The van der Waals surface area contributed by atoms with Crippen LogP contribution in [0.2, 0.25) is 0 Å². The quantitative estimate of drug-likeness (QED) is 0.114. The zero-order valence-corrected chi connectivity index (χ0v) is 29.6.